The molecule has 274 valence electrons. The van der Waals surface area contributed by atoms with Gasteiger partial charge in [0.15, 0.2) is 0 Å². The molecule has 12 heteroatoms. The second-order valence-electron chi connectivity index (χ2n) is 12.8. The predicted octanol–water partition coefficient (Wildman–Crippen LogP) is 5.70. The summed E-state index contributed by atoms with van der Waals surface area (Å²) in [6.45, 7) is 8.52. The number of ether oxygens (including phenoxy) is 4. The molecule has 0 radical (unpaired) electrons. The highest BCUT2D eigenvalue weighted by Gasteiger charge is 2.33. The Hall–Kier alpha value is -4.48. The molecule has 0 bridgehead atoms. The summed E-state index contributed by atoms with van der Waals surface area (Å²) >= 11 is 0. The highest BCUT2D eigenvalue weighted by atomic mass is 16.5. The minimum Gasteiger partial charge on any atom is -0.466 e. The molecule has 0 N–H and O–H groups in total. The molecule has 2 heterocycles. The largest absolute Gasteiger partial charge is 0.466 e. The van der Waals surface area contributed by atoms with E-state index < -0.39 is 11.8 Å². The standard InChI is InChI=1S/C38H54N4O8/c1-7-15-47-35(43)19-29(17-31-21-39-25-41(31)5)33(9-3)37(45)49-23-27-11-13-28(14-12-27)24-50-38(46)34(10-4)30(20-36(44)48-16-8-2)18-32-22-40-26-42(32)6/h11-14,21-22,25-26,29-30,33-34H,7-10,15-20,23-24H2,1-6H3. The molecule has 0 aliphatic carbocycles. The van der Waals surface area contributed by atoms with Gasteiger partial charge in [-0.1, -0.05) is 52.0 Å². The van der Waals surface area contributed by atoms with Crippen molar-refractivity contribution in [3.8, 4) is 0 Å². The smallest absolute Gasteiger partial charge is 0.309 e. The lowest BCUT2D eigenvalue weighted by molar-refractivity contribution is -0.155. The van der Waals surface area contributed by atoms with Gasteiger partial charge in [0.2, 0.25) is 0 Å². The van der Waals surface area contributed by atoms with Crippen LogP contribution in [-0.2, 0) is 78.3 Å². The van der Waals surface area contributed by atoms with Gasteiger partial charge >= 0.3 is 23.9 Å². The Bertz CT molecular complexity index is 1390. The van der Waals surface area contributed by atoms with E-state index in [9.17, 15) is 19.2 Å². The number of aromatic nitrogens is 4. The fourth-order valence-electron chi connectivity index (χ4n) is 6.03. The molecule has 3 rings (SSSR count). The predicted molar refractivity (Wildman–Crippen MR) is 186 cm³/mol. The lowest BCUT2D eigenvalue weighted by Gasteiger charge is -2.24. The van der Waals surface area contributed by atoms with E-state index in [0.717, 1.165) is 35.4 Å². The molecule has 4 atom stereocenters. The van der Waals surface area contributed by atoms with Crippen LogP contribution in [-0.4, -0.2) is 56.2 Å². The zero-order valence-electron chi connectivity index (χ0n) is 30.5. The van der Waals surface area contributed by atoms with Gasteiger partial charge in [-0.05, 0) is 61.5 Å². The van der Waals surface area contributed by atoms with Gasteiger partial charge < -0.3 is 28.1 Å². The Kier molecular flexibility index (Phi) is 16.7. The number of hydrogen-bond acceptors (Lipinski definition) is 10. The second kappa shape index (κ2) is 20.9. The first-order valence-electron chi connectivity index (χ1n) is 17.7. The fourth-order valence-corrected chi connectivity index (χ4v) is 6.03. The van der Waals surface area contributed by atoms with E-state index in [-0.39, 0.29) is 61.8 Å². The van der Waals surface area contributed by atoms with E-state index in [1.807, 2.05) is 75.2 Å². The van der Waals surface area contributed by atoms with Crippen LogP contribution < -0.4 is 0 Å². The van der Waals surface area contributed by atoms with Gasteiger partial charge in [-0.15, -0.1) is 0 Å². The van der Waals surface area contributed by atoms with Crippen LogP contribution >= 0.6 is 0 Å². The number of hydrogen-bond donors (Lipinski definition) is 0. The summed E-state index contributed by atoms with van der Waals surface area (Å²) in [7, 11) is 3.77. The summed E-state index contributed by atoms with van der Waals surface area (Å²) in [5.74, 6) is -3.00. The van der Waals surface area contributed by atoms with Crippen LogP contribution in [0.2, 0.25) is 0 Å². The lowest BCUT2D eigenvalue weighted by atomic mass is 9.84. The Balaban J connectivity index is 1.59. The Labute approximate surface area is 295 Å². The van der Waals surface area contributed by atoms with E-state index in [1.165, 1.54) is 0 Å². The molecule has 0 saturated heterocycles. The first-order chi connectivity index (χ1) is 24.1. The van der Waals surface area contributed by atoms with Crippen LogP contribution in [0.25, 0.3) is 0 Å². The average Bonchev–Trinajstić information content (AvgIpc) is 3.71. The number of nitrogens with zero attached hydrogens (tertiary/aromatic N) is 4. The summed E-state index contributed by atoms with van der Waals surface area (Å²) in [6.07, 6.45) is 10.5. The van der Waals surface area contributed by atoms with Gasteiger partial charge in [0.05, 0.1) is 37.7 Å². The van der Waals surface area contributed by atoms with E-state index in [2.05, 4.69) is 9.97 Å². The van der Waals surface area contributed by atoms with Crippen molar-refractivity contribution in [3.05, 3.63) is 71.8 Å². The molecule has 4 unspecified atom stereocenters. The quantitative estimate of drug-likeness (QED) is 0.0951. The molecule has 50 heavy (non-hydrogen) atoms. The van der Waals surface area contributed by atoms with Crippen LogP contribution in [0.4, 0.5) is 0 Å². The first-order valence-corrected chi connectivity index (χ1v) is 17.7. The van der Waals surface area contributed by atoms with E-state index in [1.54, 1.807) is 25.0 Å². The van der Waals surface area contributed by atoms with Gasteiger partial charge in [-0.3, -0.25) is 19.2 Å². The molecule has 0 amide bonds. The maximum absolute atomic E-state index is 13.3. The lowest BCUT2D eigenvalue weighted by Crippen LogP contribution is -2.30. The molecule has 0 fully saturated rings. The fraction of sp³-hybridized carbons (Fsp3) is 0.579. The van der Waals surface area contributed by atoms with E-state index in [0.29, 0.717) is 38.9 Å². The summed E-state index contributed by atoms with van der Waals surface area (Å²) in [5.41, 5.74) is 3.40. The summed E-state index contributed by atoms with van der Waals surface area (Å²) in [4.78, 5) is 60.2. The number of esters is 4. The van der Waals surface area contributed by atoms with Crippen LogP contribution in [0.3, 0.4) is 0 Å². The second-order valence-corrected chi connectivity index (χ2v) is 12.8. The van der Waals surface area contributed by atoms with Gasteiger partial charge in [0.25, 0.3) is 0 Å². The number of carbonyl (C=O) groups excluding carboxylic acids is 4. The number of benzene rings is 1. The molecule has 3 aromatic rings. The van der Waals surface area contributed by atoms with Gasteiger partial charge in [-0.2, -0.15) is 0 Å². The average molecular weight is 695 g/mol. The van der Waals surface area contributed by atoms with E-state index in [4.69, 9.17) is 18.9 Å². The minimum atomic E-state index is -0.500. The number of imidazole rings is 2. The van der Waals surface area contributed by atoms with Crippen LogP contribution in [0.15, 0.2) is 49.3 Å². The monoisotopic (exact) mass is 694 g/mol. The number of carbonyl (C=O) groups is 4. The third-order valence-electron chi connectivity index (χ3n) is 8.98. The Morgan fingerprint density at radius 1 is 0.620 bits per heavy atom. The molecule has 0 aliphatic rings. The molecule has 2 aromatic heterocycles. The highest BCUT2D eigenvalue weighted by Crippen LogP contribution is 2.28. The summed E-state index contributed by atoms with van der Waals surface area (Å²) < 4.78 is 25.9. The van der Waals surface area contributed by atoms with Gasteiger partial charge in [0.1, 0.15) is 13.2 Å². The maximum atomic E-state index is 13.3. The van der Waals surface area contributed by atoms with Crippen molar-refractivity contribution in [1.29, 1.82) is 0 Å². The molecule has 0 saturated carbocycles. The summed E-state index contributed by atoms with van der Waals surface area (Å²) in [5, 5.41) is 0. The summed E-state index contributed by atoms with van der Waals surface area (Å²) in [6, 6.07) is 7.33. The minimum absolute atomic E-state index is 0.0653. The van der Waals surface area contributed by atoms with Crippen LogP contribution in [0.5, 0.6) is 0 Å². The SMILES string of the molecule is CCCOC(=O)CC(Cc1cncn1C)C(CC)C(=O)OCc1ccc(COC(=O)C(CC)C(CC(=O)OCCC)Cc2cncn2C)cc1. The van der Waals surface area contributed by atoms with Crippen LogP contribution in [0, 0.1) is 23.7 Å². The van der Waals surface area contributed by atoms with Gasteiger partial charge in [0, 0.05) is 50.7 Å². The molecule has 0 spiro atoms. The maximum Gasteiger partial charge on any atom is 0.309 e. The third-order valence-corrected chi connectivity index (χ3v) is 8.98. The van der Waals surface area contributed by atoms with Crippen molar-refractivity contribution in [2.24, 2.45) is 37.8 Å². The van der Waals surface area contributed by atoms with E-state index >= 15 is 0 Å². The normalized spacial score (nSPS) is 13.6. The third kappa shape index (κ3) is 12.4. The zero-order valence-corrected chi connectivity index (χ0v) is 30.5. The molecular formula is C38H54N4O8. The van der Waals surface area contributed by atoms with Crippen molar-refractivity contribution >= 4 is 23.9 Å². The van der Waals surface area contributed by atoms with Gasteiger partial charge in [-0.25, -0.2) is 9.97 Å². The topological polar surface area (TPSA) is 141 Å². The number of aryl methyl sites for hydroxylation is 2. The van der Waals surface area contributed by atoms with Crippen molar-refractivity contribution in [2.45, 2.75) is 92.3 Å². The zero-order chi connectivity index (χ0) is 36.5. The van der Waals surface area contributed by atoms with Crippen molar-refractivity contribution in [3.63, 3.8) is 0 Å². The molecular weight excluding hydrogens is 640 g/mol. The molecule has 0 aliphatic heterocycles. The number of rotatable bonds is 22. The van der Waals surface area contributed by atoms with Crippen molar-refractivity contribution < 1.29 is 38.1 Å². The Morgan fingerprint density at radius 2 is 1.00 bits per heavy atom. The highest BCUT2D eigenvalue weighted by molar-refractivity contribution is 5.76. The van der Waals surface area contributed by atoms with Crippen molar-refractivity contribution in [2.75, 3.05) is 13.2 Å². The molecule has 1 aromatic carbocycles. The van der Waals surface area contributed by atoms with Crippen LogP contribution in [0.1, 0.15) is 88.7 Å². The first kappa shape index (κ1) is 40.0. The van der Waals surface area contributed by atoms with Crippen molar-refractivity contribution in [1.82, 2.24) is 19.1 Å². The molecule has 12 nitrogen and oxygen atoms in total. The Morgan fingerprint density at radius 3 is 1.30 bits per heavy atom.